The van der Waals surface area contributed by atoms with Crippen molar-refractivity contribution in [2.75, 3.05) is 0 Å². The van der Waals surface area contributed by atoms with Crippen molar-refractivity contribution < 1.29 is 17.6 Å². The molecule has 0 atom stereocenters. The molecule has 138 valence electrons. The van der Waals surface area contributed by atoms with Crippen molar-refractivity contribution in [3.63, 3.8) is 0 Å². The number of nitrogens with one attached hydrogen (secondary N) is 1. The highest BCUT2D eigenvalue weighted by Crippen LogP contribution is 2.17. The second-order valence-corrected chi connectivity index (χ2v) is 7.21. The van der Waals surface area contributed by atoms with E-state index < -0.39 is 15.9 Å². The van der Waals surface area contributed by atoms with Crippen molar-refractivity contribution in [2.24, 2.45) is 5.14 Å². The lowest BCUT2D eigenvalue weighted by molar-refractivity contribution is 0.0950. The summed E-state index contributed by atoms with van der Waals surface area (Å²) in [6.07, 6.45) is 1.36. The number of nitrogens with zero attached hydrogens (tertiary/aromatic N) is 2. The number of sulfonamides is 1. The zero-order valence-corrected chi connectivity index (χ0v) is 14.8. The van der Waals surface area contributed by atoms with Crippen LogP contribution in [0.3, 0.4) is 0 Å². The fourth-order valence-corrected chi connectivity index (χ4v) is 2.86. The van der Waals surface area contributed by atoms with E-state index in [0.29, 0.717) is 11.4 Å². The number of aromatic nitrogens is 2. The van der Waals surface area contributed by atoms with Gasteiger partial charge in [-0.25, -0.2) is 27.9 Å². The molecule has 3 rings (SSSR count). The summed E-state index contributed by atoms with van der Waals surface area (Å²) >= 11 is 0. The van der Waals surface area contributed by atoms with Crippen molar-refractivity contribution in [1.82, 2.24) is 15.3 Å². The van der Waals surface area contributed by atoms with Crippen molar-refractivity contribution in [3.8, 4) is 11.3 Å². The van der Waals surface area contributed by atoms with E-state index in [1.165, 1.54) is 42.7 Å². The van der Waals surface area contributed by atoms with Gasteiger partial charge in [-0.2, -0.15) is 0 Å². The SMILES string of the molecule is NS(=O)(=O)c1ccc(C(=O)NCc2cc(-c3ccc(F)cc3)ncn2)cc1. The summed E-state index contributed by atoms with van der Waals surface area (Å²) < 4.78 is 35.5. The van der Waals surface area contributed by atoms with Crippen molar-refractivity contribution in [3.05, 3.63) is 78.0 Å². The molecule has 7 nitrogen and oxygen atoms in total. The summed E-state index contributed by atoms with van der Waals surface area (Å²) in [7, 11) is -3.81. The molecule has 1 aromatic heterocycles. The Kier molecular flexibility index (Phi) is 5.24. The van der Waals surface area contributed by atoms with Crippen LogP contribution in [0.5, 0.6) is 0 Å². The molecule has 3 aromatic rings. The quantitative estimate of drug-likeness (QED) is 0.694. The Labute approximate surface area is 155 Å². The van der Waals surface area contributed by atoms with Crippen LogP contribution in [-0.2, 0) is 16.6 Å². The summed E-state index contributed by atoms with van der Waals surface area (Å²) in [6, 6.07) is 12.9. The van der Waals surface area contributed by atoms with Crippen molar-refractivity contribution in [2.45, 2.75) is 11.4 Å². The Morgan fingerprint density at radius 2 is 1.70 bits per heavy atom. The predicted molar refractivity (Wildman–Crippen MR) is 96.4 cm³/mol. The molecule has 0 radical (unpaired) electrons. The minimum Gasteiger partial charge on any atom is -0.346 e. The molecule has 0 saturated heterocycles. The van der Waals surface area contributed by atoms with Gasteiger partial charge in [-0.3, -0.25) is 4.79 Å². The van der Waals surface area contributed by atoms with Gasteiger partial charge in [0.15, 0.2) is 0 Å². The molecule has 0 aliphatic rings. The summed E-state index contributed by atoms with van der Waals surface area (Å²) in [5, 5.41) is 7.72. The number of hydrogen-bond donors (Lipinski definition) is 2. The van der Waals surface area contributed by atoms with Crippen LogP contribution in [0.2, 0.25) is 0 Å². The van der Waals surface area contributed by atoms with Crippen LogP contribution in [0.15, 0.2) is 65.8 Å². The van der Waals surface area contributed by atoms with Crippen molar-refractivity contribution in [1.29, 1.82) is 0 Å². The molecular weight excluding hydrogens is 371 g/mol. The molecule has 9 heteroatoms. The summed E-state index contributed by atoms with van der Waals surface area (Å²) in [6.45, 7) is 0.145. The van der Waals surface area contributed by atoms with Gasteiger partial charge in [-0.05, 0) is 54.6 Å². The van der Waals surface area contributed by atoms with Crippen LogP contribution >= 0.6 is 0 Å². The van der Waals surface area contributed by atoms with Crippen LogP contribution in [-0.4, -0.2) is 24.3 Å². The van der Waals surface area contributed by atoms with Crippen molar-refractivity contribution >= 4 is 15.9 Å². The molecule has 3 N–H and O–H groups in total. The topological polar surface area (TPSA) is 115 Å². The molecule has 0 aliphatic carbocycles. The molecule has 0 aliphatic heterocycles. The average Bonchev–Trinajstić information content (AvgIpc) is 2.66. The lowest BCUT2D eigenvalue weighted by atomic mass is 10.1. The lowest BCUT2D eigenvalue weighted by Gasteiger charge is -2.07. The third-order valence-corrected chi connectivity index (χ3v) is 4.67. The van der Waals surface area contributed by atoms with Gasteiger partial charge < -0.3 is 5.32 Å². The van der Waals surface area contributed by atoms with E-state index in [9.17, 15) is 17.6 Å². The van der Waals surface area contributed by atoms with Crippen LogP contribution in [0.25, 0.3) is 11.3 Å². The third-order valence-electron chi connectivity index (χ3n) is 3.74. The first-order chi connectivity index (χ1) is 12.8. The first-order valence-electron chi connectivity index (χ1n) is 7.81. The highest BCUT2D eigenvalue weighted by molar-refractivity contribution is 7.89. The largest absolute Gasteiger partial charge is 0.346 e. The summed E-state index contributed by atoms with van der Waals surface area (Å²) in [5.74, 6) is -0.730. The Bertz CT molecular complexity index is 1070. The monoisotopic (exact) mass is 386 g/mol. The van der Waals surface area contributed by atoms with Crippen LogP contribution < -0.4 is 10.5 Å². The van der Waals surface area contributed by atoms with Crippen LogP contribution in [0, 0.1) is 5.82 Å². The molecule has 1 amide bonds. The van der Waals surface area contributed by atoms with Gasteiger partial charge in [0.05, 0.1) is 22.8 Å². The molecule has 0 saturated carbocycles. The normalized spacial score (nSPS) is 11.2. The lowest BCUT2D eigenvalue weighted by Crippen LogP contribution is -2.23. The highest BCUT2D eigenvalue weighted by Gasteiger charge is 2.11. The highest BCUT2D eigenvalue weighted by atomic mass is 32.2. The minimum atomic E-state index is -3.81. The molecule has 0 unspecified atom stereocenters. The molecule has 27 heavy (non-hydrogen) atoms. The van der Waals surface area contributed by atoms with Gasteiger partial charge in [0.2, 0.25) is 10.0 Å². The Morgan fingerprint density at radius 3 is 2.33 bits per heavy atom. The fraction of sp³-hybridized carbons (Fsp3) is 0.0556. The number of halogens is 1. The maximum absolute atomic E-state index is 13.0. The van der Waals surface area contributed by atoms with Gasteiger partial charge in [-0.1, -0.05) is 0 Å². The van der Waals surface area contributed by atoms with Crippen LogP contribution in [0.1, 0.15) is 16.1 Å². The van der Waals surface area contributed by atoms with E-state index in [2.05, 4.69) is 15.3 Å². The zero-order valence-electron chi connectivity index (χ0n) is 14.0. The fourth-order valence-electron chi connectivity index (χ4n) is 2.34. The van der Waals surface area contributed by atoms with E-state index in [0.717, 1.165) is 5.56 Å². The number of amides is 1. The number of hydrogen-bond acceptors (Lipinski definition) is 5. The van der Waals surface area contributed by atoms with E-state index in [4.69, 9.17) is 5.14 Å². The number of benzene rings is 2. The number of carbonyl (C=O) groups excluding carboxylic acids is 1. The number of nitrogens with two attached hydrogens (primary N) is 1. The van der Waals surface area contributed by atoms with Gasteiger partial charge in [0.1, 0.15) is 12.1 Å². The molecule has 2 aromatic carbocycles. The van der Waals surface area contributed by atoms with Crippen LogP contribution in [0.4, 0.5) is 4.39 Å². The van der Waals surface area contributed by atoms with Gasteiger partial charge in [0, 0.05) is 11.1 Å². The third kappa shape index (κ3) is 4.72. The first kappa shape index (κ1) is 18.6. The molecule has 0 spiro atoms. The molecule has 0 fully saturated rings. The van der Waals surface area contributed by atoms with E-state index in [1.807, 2.05) is 0 Å². The second kappa shape index (κ2) is 7.60. The first-order valence-corrected chi connectivity index (χ1v) is 9.35. The minimum absolute atomic E-state index is 0.0706. The van der Waals surface area contributed by atoms with Gasteiger partial charge >= 0.3 is 0 Å². The van der Waals surface area contributed by atoms with Gasteiger partial charge in [-0.15, -0.1) is 0 Å². The summed E-state index contributed by atoms with van der Waals surface area (Å²) in [4.78, 5) is 20.4. The second-order valence-electron chi connectivity index (χ2n) is 5.65. The Balaban J connectivity index is 1.68. The smallest absolute Gasteiger partial charge is 0.251 e. The summed E-state index contributed by atoms with van der Waals surface area (Å²) in [5.41, 5.74) is 2.19. The number of rotatable bonds is 5. The number of carbonyl (C=O) groups is 1. The maximum atomic E-state index is 13.0. The average molecular weight is 386 g/mol. The Hall–Kier alpha value is -3.17. The Morgan fingerprint density at radius 1 is 1.04 bits per heavy atom. The maximum Gasteiger partial charge on any atom is 0.251 e. The van der Waals surface area contributed by atoms with E-state index in [-0.39, 0.29) is 22.8 Å². The standard InChI is InChI=1S/C18H15FN4O3S/c19-14-5-1-12(2-6-14)17-9-15(22-11-23-17)10-21-18(24)13-3-7-16(8-4-13)27(20,25)26/h1-9,11H,10H2,(H,21,24)(H2,20,25,26). The molecule has 1 heterocycles. The predicted octanol–water partition coefficient (Wildman–Crippen LogP) is 1.86. The molecule has 0 bridgehead atoms. The van der Waals surface area contributed by atoms with Gasteiger partial charge in [0.25, 0.3) is 5.91 Å². The number of primary sulfonamides is 1. The zero-order chi connectivity index (χ0) is 19.4. The van der Waals surface area contributed by atoms with E-state index in [1.54, 1.807) is 18.2 Å². The van der Waals surface area contributed by atoms with E-state index >= 15 is 0 Å². The molecular formula is C18H15FN4O3S.